The molecule has 3 heterocycles. The third kappa shape index (κ3) is 3.59. The van der Waals surface area contributed by atoms with Crippen molar-refractivity contribution >= 4 is 27.8 Å². The van der Waals surface area contributed by atoms with Crippen molar-refractivity contribution in [2.24, 2.45) is 5.41 Å². The van der Waals surface area contributed by atoms with Crippen LogP contribution in [0.3, 0.4) is 0 Å². The normalized spacial score (nSPS) is 19.6. The third-order valence-corrected chi connectivity index (χ3v) is 5.37. The summed E-state index contributed by atoms with van der Waals surface area (Å²) in [6.45, 7) is 6.22. The molecule has 0 aliphatic carbocycles. The number of ether oxygens (including phenoxy) is 1. The van der Waals surface area contributed by atoms with Crippen LogP contribution >= 0.6 is 15.9 Å². The molecule has 1 spiro atoms. The summed E-state index contributed by atoms with van der Waals surface area (Å²) in [5, 5.41) is 0. The van der Waals surface area contributed by atoms with Crippen LogP contribution in [-0.4, -0.2) is 53.7 Å². The molecule has 0 saturated carbocycles. The molecule has 0 aromatic carbocycles. The Hall–Kier alpha value is -1.37. The summed E-state index contributed by atoms with van der Waals surface area (Å²) in [5.74, 6) is 0.965. The number of anilines is 1. The first kappa shape index (κ1) is 16.5. The number of halogens is 1. The molecular formula is C16H23BrN4O2. The highest BCUT2D eigenvalue weighted by atomic mass is 79.9. The molecule has 0 bridgehead atoms. The van der Waals surface area contributed by atoms with Gasteiger partial charge < -0.3 is 14.5 Å². The van der Waals surface area contributed by atoms with Gasteiger partial charge in [0.2, 0.25) is 0 Å². The van der Waals surface area contributed by atoms with Crippen LogP contribution in [0, 0.1) is 5.41 Å². The van der Waals surface area contributed by atoms with Crippen molar-refractivity contribution < 1.29 is 9.53 Å². The topological polar surface area (TPSA) is 58.6 Å². The number of amides is 1. The molecule has 6 nitrogen and oxygen atoms in total. The van der Waals surface area contributed by atoms with E-state index < -0.39 is 0 Å². The number of likely N-dealkylation sites (tertiary alicyclic amines) is 1. The van der Waals surface area contributed by atoms with Crippen molar-refractivity contribution in [1.29, 1.82) is 0 Å². The minimum absolute atomic E-state index is 0.150. The van der Waals surface area contributed by atoms with Gasteiger partial charge in [0.15, 0.2) is 0 Å². The van der Waals surface area contributed by atoms with Gasteiger partial charge in [0.25, 0.3) is 0 Å². The van der Waals surface area contributed by atoms with Crippen LogP contribution in [0.1, 0.15) is 32.6 Å². The molecule has 1 aromatic rings. The number of hydrogen-bond donors (Lipinski definition) is 0. The highest BCUT2D eigenvalue weighted by Gasteiger charge is 2.46. The van der Waals surface area contributed by atoms with Crippen LogP contribution in [0.4, 0.5) is 10.6 Å². The van der Waals surface area contributed by atoms with Gasteiger partial charge in [-0.25, -0.2) is 14.8 Å². The highest BCUT2D eigenvalue weighted by Crippen LogP contribution is 2.43. The number of carbonyl (C=O) groups is 1. The maximum Gasteiger partial charge on any atom is 0.409 e. The monoisotopic (exact) mass is 382 g/mol. The Morgan fingerprint density at radius 3 is 2.78 bits per heavy atom. The Kier molecular flexibility index (Phi) is 5.04. The predicted molar refractivity (Wildman–Crippen MR) is 91.4 cm³/mol. The molecule has 1 aromatic heterocycles. The zero-order valence-corrected chi connectivity index (χ0v) is 15.1. The molecule has 1 amide bonds. The average molecular weight is 383 g/mol. The van der Waals surface area contributed by atoms with E-state index in [0.29, 0.717) is 12.0 Å². The first-order chi connectivity index (χ1) is 11.1. The van der Waals surface area contributed by atoms with Crippen LogP contribution in [0.2, 0.25) is 0 Å². The van der Waals surface area contributed by atoms with Crippen LogP contribution < -0.4 is 4.90 Å². The molecule has 2 saturated heterocycles. The molecule has 126 valence electrons. The summed E-state index contributed by atoms with van der Waals surface area (Å²) in [4.78, 5) is 24.5. The standard InChI is InChI=1S/C16H23BrN4O2/c1-2-3-8-23-15(22)20-6-4-16(5-7-20)10-21(11-16)14-13(17)9-18-12-19-14/h9,12H,2-8,10-11H2,1H3. The van der Waals surface area contributed by atoms with Crippen LogP contribution in [0.5, 0.6) is 0 Å². The van der Waals surface area contributed by atoms with Crippen molar-refractivity contribution in [3.63, 3.8) is 0 Å². The van der Waals surface area contributed by atoms with Crippen LogP contribution in [0.25, 0.3) is 0 Å². The summed E-state index contributed by atoms with van der Waals surface area (Å²) in [6.07, 6.45) is 7.27. The van der Waals surface area contributed by atoms with Crippen LogP contribution in [0.15, 0.2) is 17.0 Å². The number of piperidine rings is 1. The minimum atomic E-state index is -0.150. The van der Waals surface area contributed by atoms with Crippen LogP contribution in [-0.2, 0) is 4.74 Å². The van der Waals surface area contributed by atoms with E-state index in [2.05, 4.69) is 37.7 Å². The fourth-order valence-electron chi connectivity index (χ4n) is 3.33. The van der Waals surface area contributed by atoms with Crippen molar-refractivity contribution in [2.45, 2.75) is 32.6 Å². The van der Waals surface area contributed by atoms with Crippen molar-refractivity contribution in [1.82, 2.24) is 14.9 Å². The van der Waals surface area contributed by atoms with E-state index in [9.17, 15) is 4.79 Å². The zero-order valence-electron chi connectivity index (χ0n) is 13.5. The number of aromatic nitrogens is 2. The predicted octanol–water partition coefficient (Wildman–Crippen LogP) is 3.08. The molecule has 3 rings (SSSR count). The molecule has 2 aliphatic heterocycles. The fraction of sp³-hybridized carbons (Fsp3) is 0.688. The summed E-state index contributed by atoms with van der Waals surface area (Å²) in [5.41, 5.74) is 0.324. The fourth-order valence-corrected chi connectivity index (χ4v) is 3.80. The lowest BCUT2D eigenvalue weighted by Crippen LogP contribution is -2.61. The van der Waals surface area contributed by atoms with Gasteiger partial charge in [0.1, 0.15) is 12.1 Å². The Bertz CT molecular complexity index is 553. The van der Waals surface area contributed by atoms with E-state index in [0.717, 1.165) is 62.2 Å². The smallest absolute Gasteiger partial charge is 0.409 e. The molecule has 2 fully saturated rings. The number of nitrogens with zero attached hydrogens (tertiary/aromatic N) is 4. The number of carbonyl (C=O) groups excluding carboxylic acids is 1. The maximum absolute atomic E-state index is 12.0. The van der Waals surface area contributed by atoms with Gasteiger partial charge in [-0.1, -0.05) is 13.3 Å². The van der Waals surface area contributed by atoms with Gasteiger partial charge in [-0.15, -0.1) is 0 Å². The first-order valence-electron chi connectivity index (χ1n) is 8.26. The van der Waals surface area contributed by atoms with Gasteiger partial charge in [0.05, 0.1) is 11.1 Å². The van der Waals surface area contributed by atoms with E-state index in [1.807, 2.05) is 4.90 Å². The largest absolute Gasteiger partial charge is 0.449 e. The number of unbranched alkanes of at least 4 members (excludes halogenated alkanes) is 1. The lowest BCUT2D eigenvalue weighted by atomic mass is 9.72. The molecule has 2 aliphatic rings. The lowest BCUT2D eigenvalue weighted by molar-refractivity contribution is 0.0523. The van der Waals surface area contributed by atoms with Gasteiger partial charge in [-0.05, 0) is 35.2 Å². The second-order valence-corrected chi connectivity index (χ2v) is 7.36. The lowest BCUT2D eigenvalue weighted by Gasteiger charge is -2.54. The van der Waals surface area contributed by atoms with Gasteiger partial charge >= 0.3 is 6.09 Å². The molecule has 0 atom stereocenters. The molecule has 7 heteroatoms. The summed E-state index contributed by atoms with van der Waals surface area (Å²) < 4.78 is 6.24. The van der Waals surface area contributed by atoms with Crippen molar-refractivity contribution in [2.75, 3.05) is 37.7 Å². The van der Waals surface area contributed by atoms with Gasteiger partial charge in [-0.3, -0.25) is 0 Å². The molecule has 0 radical (unpaired) electrons. The third-order valence-electron chi connectivity index (χ3n) is 4.81. The van der Waals surface area contributed by atoms with Crippen molar-refractivity contribution in [3.05, 3.63) is 17.0 Å². The second kappa shape index (κ2) is 7.03. The van der Waals surface area contributed by atoms with E-state index in [1.165, 1.54) is 0 Å². The summed E-state index contributed by atoms with van der Waals surface area (Å²) in [6, 6.07) is 0. The maximum atomic E-state index is 12.0. The Balaban J connectivity index is 1.47. The van der Waals surface area contributed by atoms with E-state index >= 15 is 0 Å². The summed E-state index contributed by atoms with van der Waals surface area (Å²) in [7, 11) is 0. The SMILES string of the molecule is CCCCOC(=O)N1CCC2(CC1)CN(c1ncncc1Br)C2. The summed E-state index contributed by atoms with van der Waals surface area (Å²) >= 11 is 3.51. The molecule has 23 heavy (non-hydrogen) atoms. The van der Waals surface area contributed by atoms with Gasteiger partial charge in [-0.2, -0.15) is 0 Å². The quantitative estimate of drug-likeness (QED) is 0.748. The van der Waals surface area contributed by atoms with Gasteiger partial charge in [0, 0.05) is 37.8 Å². The molecular weight excluding hydrogens is 360 g/mol. The van der Waals surface area contributed by atoms with E-state index in [4.69, 9.17) is 4.74 Å². The Morgan fingerprint density at radius 2 is 2.13 bits per heavy atom. The Labute approximate surface area is 145 Å². The number of hydrogen-bond acceptors (Lipinski definition) is 5. The molecule has 0 unspecified atom stereocenters. The molecule has 0 N–H and O–H groups in total. The zero-order chi connectivity index (χ0) is 16.3. The second-order valence-electron chi connectivity index (χ2n) is 6.51. The number of rotatable bonds is 4. The highest BCUT2D eigenvalue weighted by molar-refractivity contribution is 9.10. The first-order valence-corrected chi connectivity index (χ1v) is 9.05. The van der Waals surface area contributed by atoms with E-state index in [1.54, 1.807) is 12.5 Å². The minimum Gasteiger partial charge on any atom is -0.449 e. The van der Waals surface area contributed by atoms with Crippen molar-refractivity contribution in [3.8, 4) is 0 Å². The van der Waals surface area contributed by atoms with E-state index in [-0.39, 0.29) is 6.09 Å². The Morgan fingerprint density at radius 1 is 1.39 bits per heavy atom. The average Bonchev–Trinajstić information content (AvgIpc) is 2.53.